The summed E-state index contributed by atoms with van der Waals surface area (Å²) in [4.78, 5) is 18.6. The molecule has 1 heterocycles. The van der Waals surface area contributed by atoms with Crippen molar-refractivity contribution >= 4 is 24.0 Å². The van der Waals surface area contributed by atoms with E-state index < -0.39 is 0 Å². The van der Waals surface area contributed by atoms with Crippen molar-refractivity contribution in [2.45, 2.75) is 25.4 Å². The smallest absolute Gasteiger partial charge is 0.254 e. The highest BCUT2D eigenvalue weighted by Gasteiger charge is 2.33. The molecule has 1 aromatic carbocycles. The molecule has 0 spiro atoms. The molecule has 1 saturated carbocycles. The molecule has 1 aliphatic rings. The number of benzene rings is 1. The van der Waals surface area contributed by atoms with Crippen LogP contribution in [0.25, 0.3) is 0 Å². The summed E-state index contributed by atoms with van der Waals surface area (Å²) in [5.74, 6) is 0.0524. The Kier molecular flexibility index (Phi) is 4.81. The first-order chi connectivity index (χ1) is 9.74. The van der Waals surface area contributed by atoms with Crippen molar-refractivity contribution in [2.75, 3.05) is 5.73 Å². The number of carbonyl (C=O) groups is 1. The van der Waals surface area contributed by atoms with Crippen LogP contribution in [0.5, 0.6) is 0 Å². The van der Waals surface area contributed by atoms with Crippen molar-refractivity contribution in [1.82, 2.24) is 9.88 Å². The van der Waals surface area contributed by atoms with Gasteiger partial charge in [0.05, 0.1) is 0 Å². The van der Waals surface area contributed by atoms with Crippen LogP contribution >= 0.6 is 12.4 Å². The van der Waals surface area contributed by atoms with Crippen molar-refractivity contribution in [2.24, 2.45) is 0 Å². The number of aromatic nitrogens is 1. The van der Waals surface area contributed by atoms with Crippen molar-refractivity contribution < 1.29 is 4.79 Å². The molecule has 0 bridgehead atoms. The van der Waals surface area contributed by atoms with Gasteiger partial charge in [-0.1, -0.05) is 6.07 Å². The number of carbonyl (C=O) groups excluding carboxylic acids is 1. The molecule has 1 amide bonds. The highest BCUT2D eigenvalue weighted by atomic mass is 35.5. The van der Waals surface area contributed by atoms with Crippen LogP contribution in [0.15, 0.2) is 48.8 Å². The van der Waals surface area contributed by atoms with Crippen molar-refractivity contribution in [3.63, 3.8) is 0 Å². The molecule has 1 fully saturated rings. The molecule has 110 valence electrons. The summed E-state index contributed by atoms with van der Waals surface area (Å²) in [5, 5.41) is 0. The van der Waals surface area contributed by atoms with E-state index in [0.717, 1.165) is 18.4 Å². The lowest BCUT2D eigenvalue weighted by Crippen LogP contribution is -2.32. The van der Waals surface area contributed by atoms with Crippen LogP contribution in [0.3, 0.4) is 0 Å². The summed E-state index contributed by atoms with van der Waals surface area (Å²) >= 11 is 0. The second-order valence-corrected chi connectivity index (χ2v) is 5.15. The monoisotopic (exact) mass is 303 g/mol. The van der Waals surface area contributed by atoms with Crippen LogP contribution in [-0.2, 0) is 6.54 Å². The Labute approximate surface area is 130 Å². The lowest BCUT2D eigenvalue weighted by atomic mass is 10.1. The molecular weight excluding hydrogens is 286 g/mol. The molecule has 0 radical (unpaired) electrons. The summed E-state index contributed by atoms with van der Waals surface area (Å²) in [6.45, 7) is 0.626. The van der Waals surface area contributed by atoms with Gasteiger partial charge in [-0.15, -0.1) is 12.4 Å². The fraction of sp³-hybridized carbons (Fsp3) is 0.250. The van der Waals surface area contributed by atoms with Gasteiger partial charge < -0.3 is 10.6 Å². The Morgan fingerprint density at radius 3 is 2.57 bits per heavy atom. The first-order valence-corrected chi connectivity index (χ1v) is 6.79. The van der Waals surface area contributed by atoms with Gasteiger partial charge in [-0.05, 0) is 48.7 Å². The molecule has 0 atom stereocenters. The number of nitrogens with two attached hydrogens (primary N) is 1. The summed E-state index contributed by atoms with van der Waals surface area (Å²) < 4.78 is 0. The predicted molar refractivity (Wildman–Crippen MR) is 85.2 cm³/mol. The average Bonchev–Trinajstić information content (AvgIpc) is 3.30. The Morgan fingerprint density at radius 2 is 1.95 bits per heavy atom. The number of pyridine rings is 1. The zero-order chi connectivity index (χ0) is 13.9. The van der Waals surface area contributed by atoms with Crippen molar-refractivity contribution in [3.05, 3.63) is 59.9 Å². The summed E-state index contributed by atoms with van der Waals surface area (Å²) in [7, 11) is 0. The predicted octanol–water partition coefficient (Wildman–Crippen LogP) is 2.89. The number of hydrogen-bond donors (Lipinski definition) is 1. The lowest BCUT2D eigenvalue weighted by Gasteiger charge is -2.22. The maximum Gasteiger partial charge on any atom is 0.254 e. The molecule has 0 aliphatic heterocycles. The molecule has 1 aliphatic carbocycles. The fourth-order valence-electron chi connectivity index (χ4n) is 2.28. The molecule has 4 nitrogen and oxygen atoms in total. The van der Waals surface area contributed by atoms with Gasteiger partial charge in [0.25, 0.3) is 5.91 Å². The molecule has 1 aromatic heterocycles. The first kappa shape index (κ1) is 15.3. The van der Waals surface area contributed by atoms with Crippen LogP contribution in [-0.4, -0.2) is 21.8 Å². The number of halogens is 1. The molecule has 2 N–H and O–H groups in total. The minimum absolute atomic E-state index is 0. The van der Waals surface area contributed by atoms with E-state index in [1.54, 1.807) is 24.5 Å². The van der Waals surface area contributed by atoms with Gasteiger partial charge in [0.2, 0.25) is 0 Å². The Hall–Kier alpha value is -2.07. The molecule has 0 saturated heterocycles. The number of rotatable bonds is 4. The SMILES string of the molecule is Cl.Nc1cccc(C(=O)N(Cc2ccncc2)C2CC2)c1. The third-order valence-corrected chi connectivity index (χ3v) is 3.48. The highest BCUT2D eigenvalue weighted by molar-refractivity contribution is 5.95. The van der Waals surface area contributed by atoms with Crippen LogP contribution < -0.4 is 5.73 Å². The van der Waals surface area contributed by atoms with Gasteiger partial charge in [-0.3, -0.25) is 9.78 Å². The summed E-state index contributed by atoms with van der Waals surface area (Å²) in [6.07, 6.45) is 5.68. The van der Waals surface area contributed by atoms with Gasteiger partial charge in [-0.2, -0.15) is 0 Å². The average molecular weight is 304 g/mol. The second-order valence-electron chi connectivity index (χ2n) is 5.15. The first-order valence-electron chi connectivity index (χ1n) is 6.79. The number of hydrogen-bond acceptors (Lipinski definition) is 3. The normalized spacial score (nSPS) is 13.3. The summed E-state index contributed by atoms with van der Waals surface area (Å²) in [6, 6.07) is 11.4. The van der Waals surface area contributed by atoms with E-state index in [1.165, 1.54) is 0 Å². The molecule has 21 heavy (non-hydrogen) atoms. The third kappa shape index (κ3) is 3.73. The minimum Gasteiger partial charge on any atom is -0.399 e. The van der Waals surface area contributed by atoms with Crippen molar-refractivity contribution in [3.8, 4) is 0 Å². The Bertz CT molecular complexity index is 614. The van der Waals surface area contributed by atoms with Gasteiger partial charge in [0.1, 0.15) is 0 Å². The molecular formula is C16H18ClN3O. The van der Waals surface area contributed by atoms with Crippen LogP contribution in [0.1, 0.15) is 28.8 Å². The van der Waals surface area contributed by atoms with Gasteiger partial charge in [-0.25, -0.2) is 0 Å². The van der Waals surface area contributed by atoms with E-state index in [2.05, 4.69) is 4.98 Å². The molecule has 3 rings (SSSR count). The zero-order valence-corrected chi connectivity index (χ0v) is 12.4. The van der Waals surface area contributed by atoms with E-state index in [1.807, 2.05) is 29.2 Å². The standard InChI is InChI=1S/C16H17N3O.ClH/c17-14-3-1-2-13(10-14)16(20)19(15-4-5-15)11-12-6-8-18-9-7-12;/h1-3,6-10,15H,4-5,11,17H2;1H. The molecule has 2 aromatic rings. The largest absolute Gasteiger partial charge is 0.399 e. The van der Waals surface area contributed by atoms with Crippen molar-refractivity contribution in [1.29, 1.82) is 0 Å². The van der Waals surface area contributed by atoms with E-state index in [4.69, 9.17) is 5.73 Å². The zero-order valence-electron chi connectivity index (χ0n) is 11.6. The lowest BCUT2D eigenvalue weighted by molar-refractivity contribution is 0.0730. The minimum atomic E-state index is 0. The number of amides is 1. The van der Waals surface area contributed by atoms with Gasteiger partial charge in [0.15, 0.2) is 0 Å². The Morgan fingerprint density at radius 1 is 1.24 bits per heavy atom. The number of nitrogen functional groups attached to an aromatic ring is 1. The number of anilines is 1. The van der Waals surface area contributed by atoms with Gasteiger partial charge in [0, 0.05) is 36.2 Å². The van der Waals surface area contributed by atoms with Gasteiger partial charge >= 0.3 is 0 Å². The van der Waals surface area contributed by atoms with Crippen LogP contribution in [0.4, 0.5) is 5.69 Å². The van der Waals surface area contributed by atoms with E-state index in [0.29, 0.717) is 23.8 Å². The highest BCUT2D eigenvalue weighted by Crippen LogP contribution is 2.30. The van der Waals surface area contributed by atoms with E-state index >= 15 is 0 Å². The molecule has 0 unspecified atom stereocenters. The van der Waals surface area contributed by atoms with E-state index in [-0.39, 0.29) is 18.3 Å². The summed E-state index contributed by atoms with van der Waals surface area (Å²) in [5.41, 5.74) is 8.14. The quantitative estimate of drug-likeness (QED) is 0.884. The van der Waals surface area contributed by atoms with Crippen LogP contribution in [0.2, 0.25) is 0 Å². The maximum absolute atomic E-state index is 12.6. The number of nitrogens with zero attached hydrogens (tertiary/aromatic N) is 2. The fourth-order valence-corrected chi connectivity index (χ4v) is 2.28. The molecule has 5 heteroatoms. The Balaban J connectivity index is 0.00000161. The second kappa shape index (κ2) is 6.59. The van der Waals surface area contributed by atoms with Crippen LogP contribution in [0, 0.1) is 0 Å². The maximum atomic E-state index is 12.6. The third-order valence-electron chi connectivity index (χ3n) is 3.48. The van der Waals surface area contributed by atoms with E-state index in [9.17, 15) is 4.79 Å². The topological polar surface area (TPSA) is 59.2 Å².